The van der Waals surface area contributed by atoms with Crippen LogP contribution in [0.5, 0.6) is 0 Å². The van der Waals surface area contributed by atoms with E-state index < -0.39 is 5.76 Å². The number of carbonyl (C=O) groups excluding carboxylic acids is 1. The van der Waals surface area contributed by atoms with Gasteiger partial charge in [0.05, 0.1) is 5.92 Å². The van der Waals surface area contributed by atoms with Crippen molar-refractivity contribution in [3.8, 4) is 11.4 Å². The third-order valence-electron chi connectivity index (χ3n) is 4.57. The van der Waals surface area contributed by atoms with Crippen LogP contribution in [-0.2, 0) is 4.79 Å². The standard InChI is InChI=1S/C18H21N3O3/c1-10(2)9-13-14(18(13,3)4)16(22)19-12-7-5-11(6-8-12)15-20-17(23)24-21-15/h5-9,13-14H,1-4H3,(H,19,22)(H,20,21,23)/t13-,14+/m1/s1. The Morgan fingerprint density at radius 3 is 2.50 bits per heavy atom. The maximum absolute atomic E-state index is 12.5. The molecule has 2 atom stereocenters. The summed E-state index contributed by atoms with van der Waals surface area (Å²) in [5.41, 5.74) is 2.65. The predicted octanol–water partition coefficient (Wildman–Crippen LogP) is 3.21. The van der Waals surface area contributed by atoms with E-state index in [2.05, 4.69) is 53.8 Å². The molecule has 126 valence electrons. The van der Waals surface area contributed by atoms with Gasteiger partial charge in [-0.15, -0.1) is 0 Å². The average Bonchev–Trinajstić information content (AvgIpc) is 2.82. The lowest BCUT2D eigenvalue weighted by molar-refractivity contribution is -0.118. The molecule has 3 rings (SSSR count). The molecule has 1 amide bonds. The fourth-order valence-corrected chi connectivity index (χ4v) is 3.13. The Hall–Kier alpha value is -2.63. The molecule has 1 fully saturated rings. The normalized spacial score (nSPS) is 21.2. The molecule has 1 aliphatic carbocycles. The van der Waals surface area contributed by atoms with Crippen molar-refractivity contribution in [3.05, 3.63) is 46.5 Å². The van der Waals surface area contributed by atoms with E-state index in [0.717, 1.165) is 0 Å². The zero-order valence-electron chi connectivity index (χ0n) is 14.2. The minimum Gasteiger partial charge on any atom is -0.326 e. The highest BCUT2D eigenvalue weighted by atomic mass is 16.5. The van der Waals surface area contributed by atoms with Crippen molar-refractivity contribution in [3.63, 3.8) is 0 Å². The minimum absolute atomic E-state index is 0.0124. The first kappa shape index (κ1) is 16.2. The first-order chi connectivity index (χ1) is 11.3. The topological polar surface area (TPSA) is 88.0 Å². The van der Waals surface area contributed by atoms with Gasteiger partial charge in [0.2, 0.25) is 5.91 Å². The first-order valence-electron chi connectivity index (χ1n) is 7.91. The molecule has 1 aromatic carbocycles. The van der Waals surface area contributed by atoms with E-state index in [1.165, 1.54) is 5.57 Å². The van der Waals surface area contributed by atoms with Crippen LogP contribution in [-0.4, -0.2) is 16.0 Å². The highest BCUT2D eigenvalue weighted by molar-refractivity contribution is 5.95. The monoisotopic (exact) mass is 327 g/mol. The van der Waals surface area contributed by atoms with Crippen LogP contribution in [0.1, 0.15) is 27.7 Å². The minimum atomic E-state index is -0.594. The van der Waals surface area contributed by atoms with Crippen molar-refractivity contribution >= 4 is 11.6 Å². The molecule has 2 aromatic rings. The van der Waals surface area contributed by atoms with Crippen LogP contribution in [0.2, 0.25) is 0 Å². The molecule has 24 heavy (non-hydrogen) atoms. The summed E-state index contributed by atoms with van der Waals surface area (Å²) >= 11 is 0. The molecule has 0 aliphatic heterocycles. The molecular formula is C18H21N3O3. The molecule has 1 aromatic heterocycles. The summed E-state index contributed by atoms with van der Waals surface area (Å²) in [6.07, 6.45) is 2.17. The van der Waals surface area contributed by atoms with E-state index in [4.69, 9.17) is 0 Å². The van der Waals surface area contributed by atoms with Gasteiger partial charge in [-0.2, -0.15) is 0 Å². The maximum atomic E-state index is 12.5. The number of amides is 1. The molecule has 0 spiro atoms. The summed E-state index contributed by atoms with van der Waals surface area (Å²) in [5.74, 6) is 0.0690. The number of aromatic amines is 1. The van der Waals surface area contributed by atoms with Crippen molar-refractivity contribution in [2.45, 2.75) is 27.7 Å². The number of H-pyrrole nitrogens is 1. The summed E-state index contributed by atoms with van der Waals surface area (Å²) in [6.45, 7) is 8.34. The summed E-state index contributed by atoms with van der Waals surface area (Å²) in [5, 5.41) is 6.60. The third-order valence-corrected chi connectivity index (χ3v) is 4.57. The molecule has 1 heterocycles. The largest absolute Gasteiger partial charge is 0.439 e. The number of nitrogens with one attached hydrogen (secondary N) is 2. The Balaban J connectivity index is 1.69. The van der Waals surface area contributed by atoms with Gasteiger partial charge < -0.3 is 5.32 Å². The molecule has 0 bridgehead atoms. The van der Waals surface area contributed by atoms with Gasteiger partial charge in [0.1, 0.15) is 0 Å². The molecule has 6 nitrogen and oxygen atoms in total. The molecular weight excluding hydrogens is 306 g/mol. The van der Waals surface area contributed by atoms with E-state index >= 15 is 0 Å². The number of aromatic nitrogens is 2. The highest BCUT2D eigenvalue weighted by Gasteiger charge is 2.60. The van der Waals surface area contributed by atoms with Crippen LogP contribution in [0, 0.1) is 17.3 Å². The third kappa shape index (κ3) is 3.04. The van der Waals surface area contributed by atoms with E-state index in [0.29, 0.717) is 17.1 Å². The van der Waals surface area contributed by atoms with Crippen LogP contribution in [0.15, 0.2) is 45.2 Å². The van der Waals surface area contributed by atoms with Crippen molar-refractivity contribution in [1.29, 1.82) is 0 Å². The van der Waals surface area contributed by atoms with Gasteiger partial charge in [-0.25, -0.2) is 4.79 Å². The second-order valence-electron chi connectivity index (χ2n) is 7.08. The van der Waals surface area contributed by atoms with Gasteiger partial charge in [-0.05, 0) is 49.4 Å². The zero-order valence-corrected chi connectivity index (χ0v) is 14.2. The highest BCUT2D eigenvalue weighted by Crippen LogP contribution is 2.59. The van der Waals surface area contributed by atoms with Crippen molar-refractivity contribution < 1.29 is 9.32 Å². The Morgan fingerprint density at radius 2 is 1.96 bits per heavy atom. The number of carbonyl (C=O) groups is 1. The number of benzene rings is 1. The number of hydrogen-bond donors (Lipinski definition) is 2. The van der Waals surface area contributed by atoms with Crippen molar-refractivity contribution in [2.75, 3.05) is 5.32 Å². The number of rotatable bonds is 4. The quantitative estimate of drug-likeness (QED) is 0.844. The molecule has 6 heteroatoms. The Morgan fingerprint density at radius 1 is 1.29 bits per heavy atom. The second kappa shape index (κ2) is 5.78. The van der Waals surface area contributed by atoms with Crippen LogP contribution in [0.25, 0.3) is 11.4 Å². The van der Waals surface area contributed by atoms with Crippen LogP contribution < -0.4 is 11.1 Å². The first-order valence-corrected chi connectivity index (χ1v) is 7.91. The van der Waals surface area contributed by atoms with E-state index in [-0.39, 0.29) is 23.2 Å². The van der Waals surface area contributed by atoms with Crippen LogP contribution in [0.3, 0.4) is 0 Å². The summed E-state index contributed by atoms with van der Waals surface area (Å²) < 4.78 is 4.48. The van der Waals surface area contributed by atoms with Gasteiger partial charge in [0.15, 0.2) is 5.82 Å². The fraction of sp³-hybridized carbons (Fsp3) is 0.389. The van der Waals surface area contributed by atoms with Crippen molar-refractivity contribution in [2.24, 2.45) is 17.3 Å². The lowest BCUT2D eigenvalue weighted by Gasteiger charge is -2.06. The van der Waals surface area contributed by atoms with E-state index in [9.17, 15) is 9.59 Å². The lowest BCUT2D eigenvalue weighted by atomic mass is 10.1. The molecule has 2 N–H and O–H groups in total. The summed E-state index contributed by atoms with van der Waals surface area (Å²) in [6, 6.07) is 7.11. The zero-order chi connectivity index (χ0) is 17.5. The van der Waals surface area contributed by atoms with Crippen molar-refractivity contribution in [1.82, 2.24) is 10.1 Å². The average molecular weight is 327 g/mol. The molecule has 1 saturated carbocycles. The van der Waals surface area contributed by atoms with Gasteiger partial charge in [-0.1, -0.05) is 30.7 Å². The number of allylic oxidation sites excluding steroid dienone is 2. The van der Waals surface area contributed by atoms with Gasteiger partial charge in [-0.3, -0.25) is 14.3 Å². The molecule has 0 saturated heterocycles. The SMILES string of the molecule is CC(C)=C[C@@H]1[C@@H](C(=O)Nc2ccc(-c3noc(=O)[nH]3)cc2)C1(C)C. The lowest BCUT2D eigenvalue weighted by Crippen LogP contribution is -2.16. The van der Waals surface area contributed by atoms with E-state index in [1.54, 1.807) is 24.3 Å². The predicted molar refractivity (Wildman–Crippen MR) is 91.4 cm³/mol. The Bertz CT molecular complexity index is 839. The Labute approximate surface area is 140 Å². The van der Waals surface area contributed by atoms with Gasteiger partial charge in [0, 0.05) is 11.3 Å². The van der Waals surface area contributed by atoms with E-state index in [1.807, 2.05) is 0 Å². The second-order valence-corrected chi connectivity index (χ2v) is 7.08. The number of hydrogen-bond acceptors (Lipinski definition) is 4. The van der Waals surface area contributed by atoms with Gasteiger partial charge in [0.25, 0.3) is 0 Å². The van der Waals surface area contributed by atoms with Gasteiger partial charge >= 0.3 is 5.76 Å². The maximum Gasteiger partial charge on any atom is 0.439 e. The smallest absolute Gasteiger partial charge is 0.326 e. The fourth-order valence-electron chi connectivity index (χ4n) is 3.13. The number of nitrogens with zero attached hydrogens (tertiary/aromatic N) is 1. The van der Waals surface area contributed by atoms with Crippen LogP contribution >= 0.6 is 0 Å². The molecule has 0 radical (unpaired) electrons. The Kier molecular flexibility index (Phi) is 3.91. The summed E-state index contributed by atoms with van der Waals surface area (Å²) in [7, 11) is 0. The molecule has 1 aliphatic rings. The molecule has 0 unspecified atom stereocenters. The summed E-state index contributed by atoms with van der Waals surface area (Å²) in [4.78, 5) is 26.0. The van der Waals surface area contributed by atoms with Crippen LogP contribution in [0.4, 0.5) is 5.69 Å². The number of anilines is 1.